The Balaban J connectivity index is 5.63. The maximum Gasteiger partial charge on any atom is 0.324 e. The summed E-state index contributed by atoms with van der Waals surface area (Å²) < 4.78 is 10.4. The van der Waals surface area contributed by atoms with Gasteiger partial charge in [-0.3, -0.25) is 9.59 Å². The number of carbonyl (C=O) groups is 2. The molecule has 4 nitrogen and oxygen atoms in total. The van der Waals surface area contributed by atoms with E-state index in [9.17, 15) is 9.59 Å². The van der Waals surface area contributed by atoms with E-state index in [2.05, 4.69) is 33.0 Å². The molecule has 0 aromatic carbocycles. The third-order valence-corrected chi connectivity index (χ3v) is 10.0. The normalized spacial score (nSPS) is 12.2. The van der Waals surface area contributed by atoms with Crippen LogP contribution in [-0.2, 0) is 19.1 Å². The molecule has 5 heteroatoms. The first kappa shape index (κ1) is 22.6. The lowest BCUT2D eigenvalue weighted by Gasteiger charge is -2.28. The first-order valence-corrected chi connectivity index (χ1v) is 11.7. The van der Waals surface area contributed by atoms with E-state index in [1.54, 1.807) is 19.9 Å². The summed E-state index contributed by atoms with van der Waals surface area (Å²) >= 11 is 0. The van der Waals surface area contributed by atoms with Crippen LogP contribution in [0.5, 0.6) is 0 Å². The van der Waals surface area contributed by atoms with Crippen LogP contribution in [-0.4, -0.2) is 33.2 Å². The van der Waals surface area contributed by atoms with Crippen LogP contribution < -0.4 is 0 Å². The van der Waals surface area contributed by atoms with Crippen LogP contribution in [0, 0.1) is 5.41 Å². The van der Waals surface area contributed by atoms with E-state index in [1.807, 2.05) is 6.08 Å². The molecule has 0 saturated carbocycles. The summed E-state index contributed by atoms with van der Waals surface area (Å²) in [6, 6.07) is 3.47. The average Bonchev–Trinajstić information content (AvgIpc) is 2.58. The van der Waals surface area contributed by atoms with Crippen molar-refractivity contribution in [2.75, 3.05) is 13.2 Å². The number of ether oxygens (including phenoxy) is 2. The molecule has 0 N–H and O–H groups in total. The van der Waals surface area contributed by atoms with E-state index in [-0.39, 0.29) is 19.6 Å². The van der Waals surface area contributed by atoms with Crippen molar-refractivity contribution < 1.29 is 19.1 Å². The molecule has 0 rings (SSSR count). The Morgan fingerprint density at radius 2 is 1.38 bits per heavy atom. The standard InChI is InChI=1S/C19H34O4Si/c1-7-14-19(17(20)22-8-2,18(21)23-9-3)15-13-16-24(10-4,11-5)12-6/h7,13,16H,1,8-12,14-15H2,2-6H3/b16-13-. The maximum absolute atomic E-state index is 12.5. The van der Waals surface area contributed by atoms with Gasteiger partial charge in [-0.1, -0.05) is 56.8 Å². The molecule has 0 saturated heterocycles. The van der Waals surface area contributed by atoms with Crippen LogP contribution >= 0.6 is 0 Å². The van der Waals surface area contributed by atoms with E-state index < -0.39 is 25.4 Å². The van der Waals surface area contributed by atoms with E-state index in [0.717, 1.165) is 18.1 Å². The van der Waals surface area contributed by atoms with Gasteiger partial charge in [0.1, 0.15) is 0 Å². The summed E-state index contributed by atoms with van der Waals surface area (Å²) in [5, 5.41) is 0. The van der Waals surface area contributed by atoms with Gasteiger partial charge in [-0.25, -0.2) is 0 Å². The number of allylic oxidation sites excluding steroid dienone is 2. The predicted octanol–water partition coefficient (Wildman–Crippen LogP) is 4.67. The van der Waals surface area contributed by atoms with Gasteiger partial charge in [-0.15, -0.1) is 6.58 Å². The van der Waals surface area contributed by atoms with Crippen molar-refractivity contribution >= 4 is 20.0 Å². The Bertz CT molecular complexity index is 412. The monoisotopic (exact) mass is 354 g/mol. The number of esters is 2. The number of hydrogen-bond donors (Lipinski definition) is 0. The zero-order valence-corrected chi connectivity index (χ0v) is 17.0. The van der Waals surface area contributed by atoms with Crippen molar-refractivity contribution in [1.82, 2.24) is 0 Å². The van der Waals surface area contributed by atoms with Gasteiger partial charge in [-0.05, 0) is 26.7 Å². The second-order valence-electron chi connectivity index (χ2n) is 6.05. The fourth-order valence-electron chi connectivity index (χ4n) is 2.90. The Labute approximate surface area is 148 Å². The highest BCUT2D eigenvalue weighted by Gasteiger charge is 2.47. The highest BCUT2D eigenvalue weighted by Crippen LogP contribution is 2.33. The van der Waals surface area contributed by atoms with Crippen LogP contribution in [0.15, 0.2) is 24.4 Å². The molecule has 0 aromatic heterocycles. The first-order chi connectivity index (χ1) is 11.4. The summed E-state index contributed by atoms with van der Waals surface area (Å²) in [5.74, 6) is -1.05. The van der Waals surface area contributed by atoms with Crippen LogP contribution in [0.25, 0.3) is 0 Å². The van der Waals surface area contributed by atoms with Crippen molar-refractivity contribution in [3.63, 3.8) is 0 Å². The van der Waals surface area contributed by atoms with Gasteiger partial charge in [0.25, 0.3) is 0 Å². The maximum atomic E-state index is 12.5. The zero-order chi connectivity index (χ0) is 18.6. The van der Waals surface area contributed by atoms with Crippen molar-refractivity contribution in [3.8, 4) is 0 Å². The van der Waals surface area contributed by atoms with E-state index in [1.165, 1.54) is 0 Å². The smallest absolute Gasteiger partial charge is 0.324 e. The molecule has 0 amide bonds. The van der Waals surface area contributed by atoms with E-state index >= 15 is 0 Å². The predicted molar refractivity (Wildman–Crippen MR) is 101 cm³/mol. The van der Waals surface area contributed by atoms with Gasteiger partial charge in [0.15, 0.2) is 5.41 Å². The van der Waals surface area contributed by atoms with Crippen molar-refractivity contribution in [3.05, 3.63) is 24.4 Å². The van der Waals surface area contributed by atoms with Gasteiger partial charge in [0, 0.05) is 0 Å². The summed E-state index contributed by atoms with van der Waals surface area (Å²) in [7, 11) is -1.46. The van der Waals surface area contributed by atoms with Crippen molar-refractivity contribution in [1.29, 1.82) is 0 Å². The highest BCUT2D eigenvalue weighted by molar-refractivity contribution is 6.84. The summed E-state index contributed by atoms with van der Waals surface area (Å²) in [5.41, 5.74) is 0.961. The second kappa shape index (κ2) is 11.2. The molecule has 0 heterocycles. The van der Waals surface area contributed by atoms with Crippen molar-refractivity contribution in [2.24, 2.45) is 5.41 Å². The minimum atomic E-state index is -1.46. The molecule has 24 heavy (non-hydrogen) atoms. The summed E-state index contributed by atoms with van der Waals surface area (Å²) in [4.78, 5) is 25.1. The van der Waals surface area contributed by atoms with E-state index in [4.69, 9.17) is 9.47 Å². The van der Waals surface area contributed by atoms with Crippen LogP contribution in [0.2, 0.25) is 18.1 Å². The SMILES string of the molecule is C=CCC(C/C=C\[Si](CC)(CC)CC)(C(=O)OCC)C(=O)OCC. The molecule has 0 aliphatic rings. The minimum absolute atomic E-state index is 0.216. The zero-order valence-electron chi connectivity index (χ0n) is 16.0. The first-order valence-electron chi connectivity index (χ1n) is 9.04. The van der Waals surface area contributed by atoms with Gasteiger partial charge >= 0.3 is 11.9 Å². The molecular formula is C19H34O4Si. The third-order valence-electron chi connectivity index (χ3n) is 4.88. The molecule has 0 atom stereocenters. The molecule has 0 aliphatic carbocycles. The van der Waals surface area contributed by atoms with Crippen molar-refractivity contribution in [2.45, 2.75) is 65.6 Å². The average molecular weight is 355 g/mol. The minimum Gasteiger partial charge on any atom is -0.465 e. The van der Waals surface area contributed by atoms with Gasteiger partial charge in [0.2, 0.25) is 0 Å². The molecule has 0 unspecified atom stereocenters. The van der Waals surface area contributed by atoms with Crippen LogP contribution in [0.3, 0.4) is 0 Å². The molecule has 0 aliphatic heterocycles. The summed E-state index contributed by atoms with van der Waals surface area (Å²) in [6.45, 7) is 14.3. The summed E-state index contributed by atoms with van der Waals surface area (Å²) in [6.07, 6.45) is 4.10. The number of carbonyl (C=O) groups excluding carboxylic acids is 2. The lowest BCUT2D eigenvalue weighted by molar-refractivity contribution is -0.171. The Morgan fingerprint density at radius 1 is 0.917 bits per heavy atom. The Hall–Kier alpha value is -1.36. The van der Waals surface area contributed by atoms with Crippen LogP contribution in [0.1, 0.15) is 47.5 Å². The number of hydrogen-bond acceptors (Lipinski definition) is 4. The second-order valence-corrected chi connectivity index (χ2v) is 11.2. The molecule has 0 aromatic rings. The Kier molecular flexibility index (Phi) is 10.6. The largest absolute Gasteiger partial charge is 0.465 e. The topological polar surface area (TPSA) is 52.6 Å². The lowest BCUT2D eigenvalue weighted by atomic mass is 9.81. The Morgan fingerprint density at radius 3 is 1.71 bits per heavy atom. The molecule has 0 radical (unpaired) electrons. The quantitative estimate of drug-likeness (QED) is 0.221. The fraction of sp³-hybridized carbons (Fsp3) is 0.684. The molecule has 0 bridgehead atoms. The van der Waals surface area contributed by atoms with Gasteiger partial charge in [-0.2, -0.15) is 0 Å². The van der Waals surface area contributed by atoms with Gasteiger partial charge < -0.3 is 9.47 Å². The van der Waals surface area contributed by atoms with Crippen LogP contribution in [0.4, 0.5) is 0 Å². The lowest BCUT2D eigenvalue weighted by Crippen LogP contribution is -2.41. The third kappa shape index (κ3) is 5.62. The fourth-order valence-corrected chi connectivity index (χ4v) is 5.72. The molecule has 138 valence electrons. The molecule has 0 fully saturated rings. The van der Waals surface area contributed by atoms with E-state index in [0.29, 0.717) is 6.42 Å². The number of rotatable bonds is 12. The van der Waals surface area contributed by atoms with Gasteiger partial charge in [0.05, 0.1) is 21.3 Å². The molecular weight excluding hydrogens is 320 g/mol. The highest BCUT2D eigenvalue weighted by atomic mass is 28.3. The molecule has 0 spiro atoms.